The summed E-state index contributed by atoms with van der Waals surface area (Å²) in [5.41, 5.74) is 5.29. The second-order valence-electron chi connectivity index (χ2n) is 8.93. The predicted octanol–water partition coefficient (Wildman–Crippen LogP) is 13.4. The molecule has 44 heavy (non-hydrogen) atoms. The SMILES string of the molecule is CC.CC.Cc1ccccc1.Cc1ccccc1.Cc1ccccc1.Cc1ccccc1.c1ccccc1.c1ccccc1. The van der Waals surface area contributed by atoms with Crippen molar-refractivity contribution < 1.29 is 0 Å². The monoisotopic (exact) mass is 584 g/mol. The molecule has 232 valence electrons. The average Bonchev–Trinajstić information content (AvgIpc) is 3.11. The van der Waals surface area contributed by atoms with Gasteiger partial charge in [-0.05, 0) is 27.7 Å². The fourth-order valence-electron chi connectivity index (χ4n) is 2.91. The van der Waals surface area contributed by atoms with Crippen LogP contribution in [0.1, 0.15) is 49.9 Å². The van der Waals surface area contributed by atoms with Crippen LogP contribution in [0.3, 0.4) is 0 Å². The lowest BCUT2D eigenvalue weighted by Gasteiger charge is -1.82. The molecule has 0 atom stereocenters. The summed E-state index contributed by atoms with van der Waals surface area (Å²) in [5.74, 6) is 0. The molecule has 6 aromatic carbocycles. The highest BCUT2D eigenvalue weighted by atomic mass is 13.8. The first-order valence-electron chi connectivity index (χ1n) is 15.6. The first-order chi connectivity index (χ1) is 21.6. The third-order valence-corrected chi connectivity index (χ3v) is 5.10. The van der Waals surface area contributed by atoms with Gasteiger partial charge in [-0.3, -0.25) is 0 Å². The van der Waals surface area contributed by atoms with E-state index < -0.39 is 0 Å². The maximum Gasteiger partial charge on any atom is -0.0398 e. The Morgan fingerprint density at radius 1 is 0.182 bits per heavy atom. The van der Waals surface area contributed by atoms with E-state index >= 15 is 0 Å². The Morgan fingerprint density at radius 3 is 0.341 bits per heavy atom. The van der Waals surface area contributed by atoms with Gasteiger partial charge in [-0.15, -0.1) is 0 Å². The molecule has 0 saturated carbocycles. The van der Waals surface area contributed by atoms with Gasteiger partial charge >= 0.3 is 0 Å². The summed E-state index contributed by atoms with van der Waals surface area (Å²) in [6.07, 6.45) is 0. The van der Waals surface area contributed by atoms with Gasteiger partial charge in [0.1, 0.15) is 0 Å². The molecule has 6 aromatic rings. The second-order valence-corrected chi connectivity index (χ2v) is 8.93. The summed E-state index contributed by atoms with van der Waals surface area (Å²) in [5, 5.41) is 0. The normalized spacial score (nSPS) is 8.00. The van der Waals surface area contributed by atoms with Crippen molar-refractivity contribution in [3.63, 3.8) is 0 Å². The van der Waals surface area contributed by atoms with Crippen LogP contribution in [0.15, 0.2) is 194 Å². The van der Waals surface area contributed by atoms with Crippen LogP contribution in [0, 0.1) is 27.7 Å². The van der Waals surface area contributed by atoms with Crippen molar-refractivity contribution in [1.29, 1.82) is 0 Å². The minimum Gasteiger partial charge on any atom is -0.0683 e. The summed E-state index contributed by atoms with van der Waals surface area (Å²) in [4.78, 5) is 0. The Bertz CT molecular complexity index is 1030. The van der Waals surface area contributed by atoms with Crippen LogP contribution in [0.4, 0.5) is 0 Å². The molecule has 6 rings (SSSR count). The van der Waals surface area contributed by atoms with Crippen molar-refractivity contribution in [2.45, 2.75) is 55.4 Å². The summed E-state index contributed by atoms with van der Waals surface area (Å²) in [6, 6.07) is 65.0. The number of hydrogen-bond acceptors (Lipinski definition) is 0. The van der Waals surface area contributed by atoms with Crippen molar-refractivity contribution in [2.24, 2.45) is 0 Å². The summed E-state index contributed by atoms with van der Waals surface area (Å²) in [6.45, 7) is 16.3. The van der Waals surface area contributed by atoms with Gasteiger partial charge in [0, 0.05) is 0 Å². The molecule has 0 heterocycles. The van der Waals surface area contributed by atoms with Gasteiger partial charge in [0.2, 0.25) is 0 Å². The first-order valence-corrected chi connectivity index (χ1v) is 15.6. The quantitative estimate of drug-likeness (QED) is 0.167. The average molecular weight is 585 g/mol. The van der Waals surface area contributed by atoms with Gasteiger partial charge in [-0.2, -0.15) is 0 Å². The first kappa shape index (κ1) is 41.5. The Morgan fingerprint density at radius 2 is 0.273 bits per heavy atom. The Kier molecular flexibility index (Phi) is 32.5. The largest absolute Gasteiger partial charge is 0.0683 e. The zero-order valence-electron chi connectivity index (χ0n) is 28.5. The second kappa shape index (κ2) is 34.5. The van der Waals surface area contributed by atoms with E-state index in [0.717, 1.165) is 0 Å². The highest BCUT2D eigenvalue weighted by Crippen LogP contribution is 1.94. The van der Waals surface area contributed by atoms with Crippen LogP contribution in [0.2, 0.25) is 0 Å². The molecule has 0 aromatic heterocycles. The Balaban J connectivity index is 0. The van der Waals surface area contributed by atoms with Gasteiger partial charge in [-0.1, -0.05) is 244 Å². The highest BCUT2D eigenvalue weighted by Gasteiger charge is 1.74. The topological polar surface area (TPSA) is 0 Å². The molecule has 0 aliphatic carbocycles. The summed E-state index contributed by atoms with van der Waals surface area (Å²) < 4.78 is 0. The summed E-state index contributed by atoms with van der Waals surface area (Å²) in [7, 11) is 0. The maximum atomic E-state index is 2.08. The molecular formula is C44H56. The molecule has 0 heteroatoms. The summed E-state index contributed by atoms with van der Waals surface area (Å²) >= 11 is 0. The molecule has 0 amide bonds. The van der Waals surface area contributed by atoms with Crippen LogP contribution in [0.5, 0.6) is 0 Å². The van der Waals surface area contributed by atoms with Gasteiger partial charge < -0.3 is 0 Å². The number of aryl methyl sites for hydroxylation is 4. The number of rotatable bonds is 0. The van der Waals surface area contributed by atoms with Crippen LogP contribution in [0.25, 0.3) is 0 Å². The van der Waals surface area contributed by atoms with Crippen molar-refractivity contribution in [3.8, 4) is 0 Å². The van der Waals surface area contributed by atoms with E-state index in [4.69, 9.17) is 0 Å². The van der Waals surface area contributed by atoms with Crippen LogP contribution < -0.4 is 0 Å². The zero-order chi connectivity index (χ0) is 32.9. The van der Waals surface area contributed by atoms with Gasteiger partial charge in [0.25, 0.3) is 0 Å². The molecule has 0 spiro atoms. The fourth-order valence-corrected chi connectivity index (χ4v) is 2.91. The third kappa shape index (κ3) is 31.8. The third-order valence-electron chi connectivity index (χ3n) is 5.10. The van der Waals surface area contributed by atoms with Crippen molar-refractivity contribution in [1.82, 2.24) is 0 Å². The van der Waals surface area contributed by atoms with Crippen molar-refractivity contribution >= 4 is 0 Å². The van der Waals surface area contributed by atoms with Crippen LogP contribution in [-0.4, -0.2) is 0 Å². The highest BCUT2D eigenvalue weighted by molar-refractivity contribution is 5.13. The van der Waals surface area contributed by atoms with Crippen LogP contribution in [-0.2, 0) is 0 Å². The van der Waals surface area contributed by atoms with Gasteiger partial charge in [-0.25, -0.2) is 0 Å². The lowest BCUT2D eigenvalue weighted by atomic mass is 10.2. The molecular weight excluding hydrogens is 528 g/mol. The standard InChI is InChI=1S/4C7H8.2C6H6.2C2H6/c4*1-7-5-3-2-4-6-7;2*1-2-4-6-5-3-1;2*1-2/h4*2-6H,1H3;2*1-6H;2*1-2H3. The molecule has 0 radical (unpaired) electrons. The fraction of sp³-hybridized carbons (Fsp3) is 0.182. The minimum absolute atomic E-state index is 1.32. The molecule has 0 nitrogen and oxygen atoms in total. The smallest absolute Gasteiger partial charge is 0.0398 e. The van der Waals surface area contributed by atoms with Crippen LogP contribution >= 0.6 is 0 Å². The van der Waals surface area contributed by atoms with E-state index in [0.29, 0.717) is 0 Å². The molecule has 0 unspecified atom stereocenters. The number of hydrogen-bond donors (Lipinski definition) is 0. The lowest BCUT2D eigenvalue weighted by Crippen LogP contribution is -1.62. The molecule has 0 bridgehead atoms. The van der Waals surface area contributed by atoms with E-state index in [1.807, 2.05) is 173 Å². The van der Waals surface area contributed by atoms with Gasteiger partial charge in [0.15, 0.2) is 0 Å². The molecule has 0 aliphatic rings. The molecule has 0 saturated heterocycles. The van der Waals surface area contributed by atoms with E-state index in [1.165, 1.54) is 22.3 Å². The van der Waals surface area contributed by atoms with Crippen molar-refractivity contribution in [3.05, 3.63) is 216 Å². The minimum atomic E-state index is 1.32. The predicted molar refractivity (Wildman–Crippen MR) is 200 cm³/mol. The number of benzene rings is 6. The molecule has 0 N–H and O–H groups in total. The maximum absolute atomic E-state index is 2.08. The van der Waals surface area contributed by atoms with E-state index in [-0.39, 0.29) is 0 Å². The van der Waals surface area contributed by atoms with E-state index in [2.05, 4.69) is 76.2 Å². The van der Waals surface area contributed by atoms with Gasteiger partial charge in [0.05, 0.1) is 0 Å². The Hall–Kier alpha value is -4.68. The van der Waals surface area contributed by atoms with E-state index in [9.17, 15) is 0 Å². The van der Waals surface area contributed by atoms with Crippen molar-refractivity contribution in [2.75, 3.05) is 0 Å². The zero-order valence-corrected chi connectivity index (χ0v) is 28.5. The Labute approximate surface area is 271 Å². The lowest BCUT2D eigenvalue weighted by molar-refractivity contribution is 1.48. The molecule has 0 aliphatic heterocycles. The molecule has 0 fully saturated rings. The van der Waals surface area contributed by atoms with E-state index in [1.54, 1.807) is 0 Å².